The monoisotopic (exact) mass is 278 g/mol. The summed E-state index contributed by atoms with van der Waals surface area (Å²) in [5, 5.41) is 11.5. The Bertz CT molecular complexity index is 558. The third-order valence-electron chi connectivity index (χ3n) is 3.15. The number of aromatic nitrogens is 3. The van der Waals surface area contributed by atoms with Crippen molar-refractivity contribution >= 4 is 17.4 Å². The van der Waals surface area contributed by atoms with Crippen molar-refractivity contribution in [2.24, 2.45) is 0 Å². The first-order chi connectivity index (χ1) is 9.13. The van der Waals surface area contributed by atoms with Gasteiger partial charge in [-0.05, 0) is 12.8 Å². The molecule has 2 aromatic rings. The summed E-state index contributed by atoms with van der Waals surface area (Å²) in [6.45, 7) is 5.02. The second-order valence-electron chi connectivity index (χ2n) is 5.38. The Balaban J connectivity index is 1.66. The summed E-state index contributed by atoms with van der Waals surface area (Å²) in [5.74, 6) is 1.76. The molecule has 1 saturated carbocycles. The van der Waals surface area contributed by atoms with E-state index in [1.807, 2.05) is 11.9 Å². The summed E-state index contributed by atoms with van der Waals surface area (Å²) in [6.07, 6.45) is 2.35. The maximum atomic E-state index is 5.68. The fourth-order valence-corrected chi connectivity index (χ4v) is 2.67. The molecule has 1 fully saturated rings. The molecule has 0 aromatic carbocycles. The molecular weight excluding hydrogens is 260 g/mol. The highest BCUT2D eigenvalue weighted by Gasteiger charge is 2.29. The van der Waals surface area contributed by atoms with Crippen LogP contribution in [-0.2, 0) is 6.54 Å². The lowest BCUT2D eigenvalue weighted by atomic mass is 10.2. The molecule has 1 aliphatic carbocycles. The van der Waals surface area contributed by atoms with Gasteiger partial charge >= 0.3 is 6.01 Å². The maximum absolute atomic E-state index is 5.68. The van der Waals surface area contributed by atoms with Crippen LogP contribution in [0, 0.1) is 0 Å². The first kappa shape index (κ1) is 12.6. The zero-order valence-corrected chi connectivity index (χ0v) is 12.3. The number of hydrogen-bond donors (Lipinski definition) is 0. The molecule has 2 heterocycles. The molecule has 0 amide bonds. The molecule has 6 heteroatoms. The average Bonchev–Trinajstić information content (AvgIpc) is 2.92. The number of nitrogens with zero attached hydrogens (tertiary/aromatic N) is 4. The van der Waals surface area contributed by atoms with Crippen LogP contribution in [-0.4, -0.2) is 22.2 Å². The van der Waals surface area contributed by atoms with Gasteiger partial charge in [0.05, 0.1) is 17.2 Å². The summed E-state index contributed by atoms with van der Waals surface area (Å²) in [7, 11) is 1.96. The van der Waals surface area contributed by atoms with Crippen molar-refractivity contribution < 1.29 is 4.42 Å². The van der Waals surface area contributed by atoms with Gasteiger partial charge in [-0.15, -0.1) is 16.4 Å². The van der Waals surface area contributed by atoms with Crippen molar-refractivity contribution in [2.75, 3.05) is 11.9 Å². The molecular formula is C13H18N4OS. The molecule has 0 saturated heterocycles. The Kier molecular flexibility index (Phi) is 3.26. The Labute approximate surface area is 116 Å². The Hall–Kier alpha value is -1.43. The SMILES string of the molecule is CC(C)c1nc(CN(C)c2nnc(C3CC3)o2)cs1. The zero-order chi connectivity index (χ0) is 13.4. The van der Waals surface area contributed by atoms with E-state index in [1.54, 1.807) is 11.3 Å². The molecule has 0 unspecified atom stereocenters. The van der Waals surface area contributed by atoms with Gasteiger partial charge in [-0.3, -0.25) is 0 Å². The molecule has 2 aromatic heterocycles. The predicted molar refractivity (Wildman–Crippen MR) is 74.6 cm³/mol. The molecule has 0 bridgehead atoms. The third-order valence-corrected chi connectivity index (χ3v) is 4.34. The standard InChI is InChI=1S/C13H18N4OS/c1-8(2)12-14-10(7-19-12)6-17(3)13-16-15-11(18-13)9-4-5-9/h7-9H,4-6H2,1-3H3. The Morgan fingerprint density at radius 1 is 1.42 bits per heavy atom. The van der Waals surface area contributed by atoms with Crippen LogP contribution >= 0.6 is 11.3 Å². The van der Waals surface area contributed by atoms with Crippen molar-refractivity contribution in [3.8, 4) is 0 Å². The van der Waals surface area contributed by atoms with Gasteiger partial charge in [-0.25, -0.2) is 4.98 Å². The van der Waals surface area contributed by atoms with Crippen molar-refractivity contribution in [3.63, 3.8) is 0 Å². The van der Waals surface area contributed by atoms with Crippen LogP contribution in [0.4, 0.5) is 6.01 Å². The van der Waals surface area contributed by atoms with E-state index in [9.17, 15) is 0 Å². The van der Waals surface area contributed by atoms with Crippen LogP contribution in [0.3, 0.4) is 0 Å². The van der Waals surface area contributed by atoms with Crippen molar-refractivity contribution in [2.45, 2.75) is 45.1 Å². The smallest absolute Gasteiger partial charge is 0.318 e. The van der Waals surface area contributed by atoms with Crippen LogP contribution in [0.2, 0.25) is 0 Å². The van der Waals surface area contributed by atoms with E-state index in [2.05, 4.69) is 34.4 Å². The van der Waals surface area contributed by atoms with E-state index >= 15 is 0 Å². The van der Waals surface area contributed by atoms with Gasteiger partial charge in [-0.2, -0.15) is 0 Å². The fraction of sp³-hybridized carbons (Fsp3) is 0.615. The molecule has 19 heavy (non-hydrogen) atoms. The number of thiazole rings is 1. The lowest BCUT2D eigenvalue weighted by Crippen LogP contribution is -2.17. The van der Waals surface area contributed by atoms with Gasteiger partial charge in [0.25, 0.3) is 0 Å². The van der Waals surface area contributed by atoms with Crippen molar-refractivity contribution in [1.82, 2.24) is 15.2 Å². The van der Waals surface area contributed by atoms with E-state index in [0.717, 1.165) is 11.6 Å². The molecule has 0 aliphatic heterocycles. The minimum Gasteiger partial charge on any atom is -0.408 e. The normalized spacial score (nSPS) is 15.2. The zero-order valence-electron chi connectivity index (χ0n) is 11.5. The summed E-state index contributed by atoms with van der Waals surface area (Å²) in [5.41, 5.74) is 1.06. The molecule has 5 nitrogen and oxygen atoms in total. The van der Waals surface area contributed by atoms with Crippen LogP contribution in [0.5, 0.6) is 0 Å². The lowest BCUT2D eigenvalue weighted by molar-refractivity contribution is 0.490. The Morgan fingerprint density at radius 2 is 2.21 bits per heavy atom. The highest BCUT2D eigenvalue weighted by atomic mass is 32.1. The molecule has 0 radical (unpaired) electrons. The van der Waals surface area contributed by atoms with Gasteiger partial charge in [0.15, 0.2) is 0 Å². The van der Waals surface area contributed by atoms with Crippen molar-refractivity contribution in [3.05, 3.63) is 22.0 Å². The minimum absolute atomic E-state index is 0.480. The first-order valence-electron chi connectivity index (χ1n) is 6.62. The van der Waals surface area contributed by atoms with E-state index < -0.39 is 0 Å². The second-order valence-corrected chi connectivity index (χ2v) is 6.27. The van der Waals surface area contributed by atoms with Gasteiger partial charge in [0.1, 0.15) is 0 Å². The van der Waals surface area contributed by atoms with E-state index in [4.69, 9.17) is 4.42 Å². The predicted octanol–water partition coefficient (Wildman–Crippen LogP) is 3.16. The molecule has 0 N–H and O–H groups in total. The van der Waals surface area contributed by atoms with Crippen molar-refractivity contribution in [1.29, 1.82) is 0 Å². The van der Waals surface area contributed by atoms with Gasteiger partial charge in [0.2, 0.25) is 5.89 Å². The molecule has 0 atom stereocenters. The van der Waals surface area contributed by atoms with E-state index in [-0.39, 0.29) is 0 Å². The quantitative estimate of drug-likeness (QED) is 0.841. The highest BCUT2D eigenvalue weighted by Crippen LogP contribution is 2.39. The summed E-state index contributed by atoms with van der Waals surface area (Å²) in [6, 6.07) is 0.584. The van der Waals surface area contributed by atoms with Gasteiger partial charge in [-0.1, -0.05) is 18.9 Å². The number of hydrogen-bond acceptors (Lipinski definition) is 6. The van der Waals surface area contributed by atoms with Gasteiger partial charge in [0, 0.05) is 24.3 Å². The number of anilines is 1. The lowest BCUT2D eigenvalue weighted by Gasteiger charge is -2.11. The summed E-state index contributed by atoms with van der Waals surface area (Å²) < 4.78 is 5.68. The van der Waals surface area contributed by atoms with E-state index in [0.29, 0.717) is 24.4 Å². The second kappa shape index (κ2) is 4.92. The number of rotatable bonds is 5. The molecule has 0 spiro atoms. The van der Waals surface area contributed by atoms with Crippen LogP contribution in [0.1, 0.15) is 55.1 Å². The fourth-order valence-electron chi connectivity index (χ4n) is 1.85. The maximum Gasteiger partial charge on any atom is 0.318 e. The molecule has 102 valence electrons. The third kappa shape index (κ3) is 2.78. The van der Waals surface area contributed by atoms with E-state index in [1.165, 1.54) is 17.8 Å². The van der Waals surface area contributed by atoms with Crippen LogP contribution in [0.15, 0.2) is 9.80 Å². The highest BCUT2D eigenvalue weighted by molar-refractivity contribution is 7.09. The largest absolute Gasteiger partial charge is 0.408 e. The summed E-state index contributed by atoms with van der Waals surface area (Å²) >= 11 is 1.71. The minimum atomic E-state index is 0.480. The van der Waals surface area contributed by atoms with Crippen LogP contribution < -0.4 is 4.90 Å². The topological polar surface area (TPSA) is 55.1 Å². The molecule has 3 rings (SSSR count). The summed E-state index contributed by atoms with van der Waals surface area (Å²) in [4.78, 5) is 6.57. The first-order valence-corrected chi connectivity index (χ1v) is 7.50. The van der Waals surface area contributed by atoms with Crippen LogP contribution in [0.25, 0.3) is 0 Å². The average molecular weight is 278 g/mol. The Morgan fingerprint density at radius 3 is 2.84 bits per heavy atom. The molecule has 1 aliphatic rings. The van der Waals surface area contributed by atoms with Gasteiger partial charge < -0.3 is 9.32 Å².